The molecule has 0 saturated carbocycles. The number of amides is 1. The Morgan fingerprint density at radius 3 is 2.53 bits per heavy atom. The van der Waals surface area contributed by atoms with Crippen LogP contribution in [0.4, 0.5) is 4.79 Å². The van der Waals surface area contributed by atoms with Gasteiger partial charge in [-0.05, 0) is 62.3 Å². The van der Waals surface area contributed by atoms with Gasteiger partial charge in [-0.3, -0.25) is 0 Å². The summed E-state index contributed by atoms with van der Waals surface area (Å²) in [5.41, 5.74) is 7.89. The second-order valence-electron chi connectivity index (χ2n) is 7.92. The maximum Gasteiger partial charge on any atom is 0.405 e. The van der Waals surface area contributed by atoms with E-state index >= 15 is 0 Å². The van der Waals surface area contributed by atoms with Crippen LogP contribution in [0.25, 0.3) is 0 Å². The fourth-order valence-electron chi connectivity index (χ4n) is 3.67. The van der Waals surface area contributed by atoms with Gasteiger partial charge >= 0.3 is 6.09 Å². The molecule has 1 unspecified atom stereocenters. The zero-order chi connectivity index (χ0) is 22.0. The predicted octanol–water partition coefficient (Wildman–Crippen LogP) is 3.87. The molecule has 3 N–H and O–H groups in total. The van der Waals surface area contributed by atoms with E-state index in [9.17, 15) is 9.90 Å². The van der Waals surface area contributed by atoms with E-state index < -0.39 is 11.7 Å². The van der Waals surface area contributed by atoms with Crippen molar-refractivity contribution in [1.29, 1.82) is 0 Å². The van der Waals surface area contributed by atoms with Crippen molar-refractivity contribution in [3.05, 3.63) is 65.2 Å². The smallest absolute Gasteiger partial charge is 0.405 e. The van der Waals surface area contributed by atoms with Gasteiger partial charge in [-0.1, -0.05) is 42.5 Å². The Bertz CT molecular complexity index is 806. The molecule has 0 fully saturated rings. The molecule has 0 heterocycles. The maximum atomic E-state index is 11.5. The number of methoxy groups -OCH3 is 1. The van der Waals surface area contributed by atoms with Crippen LogP contribution < -0.4 is 10.5 Å². The van der Waals surface area contributed by atoms with Gasteiger partial charge in [-0.15, -0.1) is 0 Å². The van der Waals surface area contributed by atoms with E-state index in [4.69, 9.17) is 19.9 Å². The Morgan fingerprint density at radius 1 is 1.10 bits per heavy atom. The van der Waals surface area contributed by atoms with E-state index in [0.717, 1.165) is 41.7 Å². The van der Waals surface area contributed by atoms with Crippen LogP contribution in [0.3, 0.4) is 0 Å². The number of aryl methyl sites for hydroxylation is 1. The summed E-state index contributed by atoms with van der Waals surface area (Å²) in [5, 5.41) is 9.23. The standard InChI is InChI=1S/C24H33NO5/c1-24(2,30-23(25)27)21(16-19-8-6-7-18(15-19)13-14-26)12-11-20-9-4-5-10-22(20)29-17-28-3/h4-10,15,21,26H,11-14,16-17H2,1-3H3,(H2,25,27). The number of benzene rings is 2. The summed E-state index contributed by atoms with van der Waals surface area (Å²) in [6.45, 7) is 4.09. The van der Waals surface area contributed by atoms with Gasteiger partial charge in [0.05, 0.1) is 0 Å². The Kier molecular flexibility index (Phi) is 9.15. The summed E-state index contributed by atoms with van der Waals surface area (Å²) in [5.74, 6) is 0.821. The minimum absolute atomic E-state index is 0.0323. The number of para-hydroxylation sites is 1. The van der Waals surface area contributed by atoms with E-state index in [1.54, 1.807) is 7.11 Å². The van der Waals surface area contributed by atoms with Crippen LogP contribution >= 0.6 is 0 Å². The fraction of sp³-hybridized carbons (Fsp3) is 0.458. The maximum absolute atomic E-state index is 11.5. The zero-order valence-electron chi connectivity index (χ0n) is 18.1. The number of ether oxygens (including phenoxy) is 3. The molecule has 0 bridgehead atoms. The molecule has 0 aliphatic rings. The summed E-state index contributed by atoms with van der Waals surface area (Å²) >= 11 is 0. The summed E-state index contributed by atoms with van der Waals surface area (Å²) in [7, 11) is 1.59. The Hall–Kier alpha value is -2.57. The molecule has 1 atom stereocenters. The molecular formula is C24H33NO5. The van der Waals surface area contributed by atoms with Gasteiger partial charge in [-0.2, -0.15) is 0 Å². The lowest BCUT2D eigenvalue weighted by atomic mass is 9.81. The zero-order valence-corrected chi connectivity index (χ0v) is 18.1. The summed E-state index contributed by atoms with van der Waals surface area (Å²) < 4.78 is 16.2. The topological polar surface area (TPSA) is 91.0 Å². The second-order valence-corrected chi connectivity index (χ2v) is 7.92. The van der Waals surface area contributed by atoms with E-state index in [2.05, 4.69) is 12.1 Å². The number of nitrogens with two attached hydrogens (primary N) is 1. The van der Waals surface area contributed by atoms with Crippen molar-refractivity contribution in [3.63, 3.8) is 0 Å². The van der Waals surface area contributed by atoms with E-state index in [0.29, 0.717) is 6.42 Å². The highest BCUT2D eigenvalue weighted by atomic mass is 16.7. The van der Waals surface area contributed by atoms with Crippen LogP contribution in [-0.4, -0.2) is 37.3 Å². The van der Waals surface area contributed by atoms with Gasteiger partial charge in [-0.25, -0.2) is 4.79 Å². The third-order valence-corrected chi connectivity index (χ3v) is 5.29. The molecule has 164 valence electrons. The molecule has 0 spiro atoms. The number of carbonyl (C=O) groups is 1. The molecule has 6 nitrogen and oxygen atoms in total. The van der Waals surface area contributed by atoms with Crippen molar-refractivity contribution in [3.8, 4) is 5.75 Å². The molecule has 0 radical (unpaired) electrons. The van der Waals surface area contributed by atoms with Crippen LogP contribution in [-0.2, 0) is 28.7 Å². The monoisotopic (exact) mass is 415 g/mol. The van der Waals surface area contributed by atoms with Gasteiger partial charge in [0.15, 0.2) is 6.79 Å². The molecule has 0 aliphatic carbocycles. The number of primary amides is 1. The van der Waals surface area contributed by atoms with Crippen LogP contribution in [0.2, 0.25) is 0 Å². The van der Waals surface area contributed by atoms with E-state index in [1.165, 1.54) is 0 Å². The average molecular weight is 416 g/mol. The van der Waals surface area contributed by atoms with Gasteiger partial charge in [0, 0.05) is 19.6 Å². The second kappa shape index (κ2) is 11.6. The van der Waals surface area contributed by atoms with Crippen LogP contribution in [0.15, 0.2) is 48.5 Å². The minimum atomic E-state index is -0.775. The number of aliphatic hydroxyl groups is 1. The van der Waals surface area contributed by atoms with Crippen LogP contribution in [0, 0.1) is 5.92 Å². The molecule has 2 rings (SSSR count). The van der Waals surface area contributed by atoms with E-state index in [-0.39, 0.29) is 19.3 Å². The molecular weight excluding hydrogens is 382 g/mol. The summed E-state index contributed by atoms with van der Waals surface area (Å²) in [6.07, 6.45) is 2.09. The summed E-state index contributed by atoms with van der Waals surface area (Å²) in [6, 6.07) is 16.0. The first-order chi connectivity index (χ1) is 14.4. The lowest BCUT2D eigenvalue weighted by Gasteiger charge is -2.34. The van der Waals surface area contributed by atoms with Crippen molar-refractivity contribution in [2.45, 2.75) is 45.1 Å². The Labute approximate surface area is 179 Å². The highest BCUT2D eigenvalue weighted by Crippen LogP contribution is 2.31. The number of hydrogen-bond donors (Lipinski definition) is 2. The average Bonchev–Trinajstić information content (AvgIpc) is 2.69. The quantitative estimate of drug-likeness (QED) is 0.514. The van der Waals surface area contributed by atoms with E-state index in [1.807, 2.05) is 50.2 Å². The molecule has 0 aliphatic heterocycles. The minimum Gasteiger partial charge on any atom is -0.467 e. The van der Waals surface area contributed by atoms with Crippen molar-refractivity contribution >= 4 is 6.09 Å². The largest absolute Gasteiger partial charge is 0.467 e. The first kappa shape index (κ1) is 23.7. The molecule has 2 aromatic carbocycles. The normalized spacial score (nSPS) is 12.4. The lowest BCUT2D eigenvalue weighted by Crippen LogP contribution is -2.40. The fourth-order valence-corrected chi connectivity index (χ4v) is 3.67. The van der Waals surface area contributed by atoms with Crippen molar-refractivity contribution in [2.75, 3.05) is 20.5 Å². The molecule has 1 amide bonds. The number of hydrogen-bond acceptors (Lipinski definition) is 5. The molecule has 0 aromatic heterocycles. The SMILES string of the molecule is COCOc1ccccc1CCC(Cc1cccc(CCO)c1)C(C)(C)OC(N)=O. The van der Waals surface area contributed by atoms with Gasteiger partial charge in [0.25, 0.3) is 0 Å². The lowest BCUT2D eigenvalue weighted by molar-refractivity contribution is -0.00443. The highest BCUT2D eigenvalue weighted by molar-refractivity contribution is 5.65. The third kappa shape index (κ3) is 7.35. The van der Waals surface area contributed by atoms with Gasteiger partial charge in [0.1, 0.15) is 11.4 Å². The molecule has 30 heavy (non-hydrogen) atoms. The molecule has 6 heteroatoms. The third-order valence-electron chi connectivity index (χ3n) is 5.29. The highest BCUT2D eigenvalue weighted by Gasteiger charge is 2.33. The van der Waals surface area contributed by atoms with Gasteiger partial charge < -0.3 is 25.1 Å². The first-order valence-corrected chi connectivity index (χ1v) is 10.2. The predicted molar refractivity (Wildman–Crippen MR) is 116 cm³/mol. The van der Waals surface area contributed by atoms with Crippen molar-refractivity contribution in [1.82, 2.24) is 0 Å². The van der Waals surface area contributed by atoms with Crippen molar-refractivity contribution < 1.29 is 24.1 Å². The first-order valence-electron chi connectivity index (χ1n) is 10.2. The van der Waals surface area contributed by atoms with Crippen molar-refractivity contribution in [2.24, 2.45) is 11.7 Å². The summed E-state index contributed by atoms with van der Waals surface area (Å²) in [4.78, 5) is 11.5. The van der Waals surface area contributed by atoms with Crippen LogP contribution in [0.1, 0.15) is 37.0 Å². The Morgan fingerprint density at radius 2 is 1.83 bits per heavy atom. The Balaban J connectivity index is 2.20. The molecule has 0 saturated heterocycles. The number of aliphatic hydroxyl groups excluding tert-OH is 1. The van der Waals surface area contributed by atoms with Gasteiger partial charge in [0.2, 0.25) is 0 Å². The number of rotatable bonds is 12. The molecule has 2 aromatic rings. The number of carbonyl (C=O) groups excluding carboxylic acids is 1. The van der Waals surface area contributed by atoms with Crippen LogP contribution in [0.5, 0.6) is 5.75 Å².